The molecule has 190 valence electrons. The molecule has 0 aliphatic carbocycles. The maximum Gasteiger partial charge on any atom is 0.255 e. The van der Waals surface area contributed by atoms with Gasteiger partial charge in [0.05, 0.1) is 11.1 Å². The van der Waals surface area contributed by atoms with Crippen molar-refractivity contribution in [3.8, 4) is 0 Å². The lowest BCUT2D eigenvalue weighted by atomic mass is 10.1. The molecular formula is C30H28N6OS. The molecule has 38 heavy (non-hydrogen) atoms. The molecule has 0 atom stereocenters. The summed E-state index contributed by atoms with van der Waals surface area (Å²) in [4.78, 5) is 28.7. The highest BCUT2D eigenvalue weighted by Gasteiger charge is 2.15. The second-order valence-electron chi connectivity index (χ2n) is 9.31. The van der Waals surface area contributed by atoms with E-state index in [0.717, 1.165) is 37.8 Å². The number of hydrogen-bond donors (Lipinski definition) is 3. The lowest BCUT2D eigenvalue weighted by molar-refractivity contribution is 0.102. The van der Waals surface area contributed by atoms with Crippen molar-refractivity contribution in [1.29, 1.82) is 0 Å². The molecule has 3 aromatic carbocycles. The average molecular weight is 521 g/mol. The first-order valence-electron chi connectivity index (χ1n) is 12.3. The van der Waals surface area contributed by atoms with Crippen LogP contribution in [0.2, 0.25) is 0 Å². The van der Waals surface area contributed by atoms with Crippen LogP contribution in [0.25, 0.3) is 11.0 Å². The molecule has 0 bridgehead atoms. The number of rotatable bonds is 7. The van der Waals surface area contributed by atoms with Crippen molar-refractivity contribution in [2.45, 2.75) is 36.5 Å². The SMILES string of the molecule is Cc1ccc(NC(=O)c2ccc(Sc3ccc(N)cc3)c(Nc3ncnc4nc(C(C)C)ccc34)c2)cc1. The Morgan fingerprint density at radius 2 is 1.68 bits per heavy atom. The maximum atomic E-state index is 13.1. The summed E-state index contributed by atoms with van der Waals surface area (Å²) in [6.45, 7) is 6.21. The minimum atomic E-state index is -0.197. The molecule has 5 aromatic rings. The van der Waals surface area contributed by atoms with E-state index in [0.29, 0.717) is 22.7 Å². The number of anilines is 4. The largest absolute Gasteiger partial charge is 0.399 e. The highest BCUT2D eigenvalue weighted by atomic mass is 32.2. The first kappa shape index (κ1) is 25.2. The standard InChI is InChI=1S/C30H28N6OS/c1-18(2)25-14-13-24-28(35-25)32-17-33-29(24)36-26-16-20(30(37)34-22-9-4-19(3)5-10-22)6-15-27(26)38-23-11-7-21(31)8-12-23/h4-18H,31H2,1-3H3,(H,34,37)(H,32,33,35,36). The Labute approximate surface area is 225 Å². The van der Waals surface area contributed by atoms with Gasteiger partial charge in [0, 0.05) is 32.4 Å². The van der Waals surface area contributed by atoms with Crippen LogP contribution in [0, 0.1) is 6.92 Å². The Hall–Kier alpha value is -4.43. The lowest BCUT2D eigenvalue weighted by Gasteiger charge is -2.15. The molecule has 0 aliphatic heterocycles. The molecule has 0 fully saturated rings. The van der Waals surface area contributed by atoms with Gasteiger partial charge < -0.3 is 16.4 Å². The molecule has 5 rings (SSSR count). The number of carbonyl (C=O) groups excluding carboxylic acids is 1. The van der Waals surface area contributed by atoms with E-state index in [9.17, 15) is 4.79 Å². The van der Waals surface area contributed by atoms with Crippen molar-refractivity contribution in [2.24, 2.45) is 0 Å². The maximum absolute atomic E-state index is 13.1. The van der Waals surface area contributed by atoms with Gasteiger partial charge in [0.1, 0.15) is 12.1 Å². The molecule has 7 nitrogen and oxygen atoms in total. The zero-order valence-electron chi connectivity index (χ0n) is 21.4. The van der Waals surface area contributed by atoms with E-state index in [1.54, 1.807) is 11.8 Å². The topological polar surface area (TPSA) is 106 Å². The normalized spacial score (nSPS) is 11.1. The number of aromatic nitrogens is 3. The summed E-state index contributed by atoms with van der Waals surface area (Å²) in [5.41, 5.74) is 11.3. The molecule has 4 N–H and O–H groups in total. The molecule has 2 aromatic heterocycles. The van der Waals surface area contributed by atoms with Gasteiger partial charge in [0.25, 0.3) is 5.91 Å². The molecule has 2 heterocycles. The third kappa shape index (κ3) is 5.76. The molecule has 1 amide bonds. The molecule has 0 radical (unpaired) electrons. The van der Waals surface area contributed by atoms with E-state index in [2.05, 4.69) is 34.4 Å². The summed E-state index contributed by atoms with van der Waals surface area (Å²) in [7, 11) is 0. The predicted molar refractivity (Wildman–Crippen MR) is 155 cm³/mol. The van der Waals surface area contributed by atoms with E-state index < -0.39 is 0 Å². The fraction of sp³-hybridized carbons (Fsp3) is 0.133. The lowest BCUT2D eigenvalue weighted by Crippen LogP contribution is -2.12. The summed E-state index contributed by atoms with van der Waals surface area (Å²) < 4.78 is 0. The van der Waals surface area contributed by atoms with Crippen molar-refractivity contribution in [3.05, 3.63) is 102 Å². The summed E-state index contributed by atoms with van der Waals surface area (Å²) in [6.07, 6.45) is 1.50. The van der Waals surface area contributed by atoms with E-state index in [1.807, 2.05) is 85.8 Å². The Kier molecular flexibility index (Phi) is 7.24. The predicted octanol–water partition coefficient (Wildman–Crippen LogP) is 7.19. The molecule has 0 spiro atoms. The van der Waals surface area contributed by atoms with E-state index in [-0.39, 0.29) is 11.8 Å². The number of nitrogens with one attached hydrogen (secondary N) is 2. The van der Waals surface area contributed by atoms with Crippen LogP contribution in [-0.2, 0) is 0 Å². The van der Waals surface area contributed by atoms with Crippen molar-refractivity contribution in [1.82, 2.24) is 15.0 Å². The summed E-state index contributed by atoms with van der Waals surface area (Å²) in [5, 5.41) is 7.22. The van der Waals surface area contributed by atoms with Crippen LogP contribution < -0.4 is 16.4 Å². The van der Waals surface area contributed by atoms with Crippen molar-refractivity contribution < 1.29 is 4.79 Å². The van der Waals surface area contributed by atoms with Crippen LogP contribution >= 0.6 is 11.8 Å². The van der Waals surface area contributed by atoms with Crippen molar-refractivity contribution >= 4 is 51.6 Å². The number of carbonyl (C=O) groups is 1. The van der Waals surface area contributed by atoms with Gasteiger partial charge in [0.2, 0.25) is 0 Å². The molecule has 0 saturated heterocycles. The molecular weight excluding hydrogens is 492 g/mol. The zero-order chi connectivity index (χ0) is 26.6. The van der Waals surface area contributed by atoms with E-state index in [4.69, 9.17) is 10.7 Å². The van der Waals surface area contributed by atoms with Gasteiger partial charge in [-0.3, -0.25) is 4.79 Å². The van der Waals surface area contributed by atoms with Crippen LogP contribution in [0.3, 0.4) is 0 Å². The van der Waals surface area contributed by atoms with Crippen molar-refractivity contribution in [2.75, 3.05) is 16.4 Å². The number of aryl methyl sites for hydroxylation is 1. The highest BCUT2D eigenvalue weighted by Crippen LogP contribution is 2.37. The summed E-state index contributed by atoms with van der Waals surface area (Å²) in [6, 6.07) is 25.0. The van der Waals surface area contributed by atoms with Gasteiger partial charge in [-0.1, -0.05) is 43.3 Å². The van der Waals surface area contributed by atoms with Crippen molar-refractivity contribution in [3.63, 3.8) is 0 Å². The molecule has 0 aliphatic rings. The van der Waals surface area contributed by atoms with Gasteiger partial charge in [-0.05, 0) is 79.6 Å². The monoisotopic (exact) mass is 520 g/mol. The third-order valence-electron chi connectivity index (χ3n) is 6.02. The Morgan fingerprint density at radius 3 is 2.42 bits per heavy atom. The summed E-state index contributed by atoms with van der Waals surface area (Å²) >= 11 is 1.57. The number of hydrogen-bond acceptors (Lipinski definition) is 7. The Morgan fingerprint density at radius 1 is 0.921 bits per heavy atom. The Balaban J connectivity index is 1.51. The average Bonchev–Trinajstić information content (AvgIpc) is 2.92. The van der Waals surface area contributed by atoms with Crippen LogP contribution in [0.15, 0.2) is 95.0 Å². The molecule has 0 unspecified atom stereocenters. The second-order valence-corrected chi connectivity index (χ2v) is 10.4. The van der Waals surface area contributed by atoms with Gasteiger partial charge in [-0.15, -0.1) is 0 Å². The van der Waals surface area contributed by atoms with E-state index in [1.165, 1.54) is 6.33 Å². The minimum absolute atomic E-state index is 0.197. The number of nitrogen functional groups attached to an aromatic ring is 1. The quantitative estimate of drug-likeness (QED) is 0.195. The van der Waals surface area contributed by atoms with Gasteiger partial charge in [0.15, 0.2) is 5.65 Å². The third-order valence-corrected chi connectivity index (χ3v) is 7.11. The van der Waals surface area contributed by atoms with Crippen LogP contribution in [0.1, 0.15) is 41.4 Å². The van der Waals surface area contributed by atoms with Gasteiger partial charge in [-0.2, -0.15) is 0 Å². The Bertz CT molecular complexity index is 1600. The fourth-order valence-electron chi connectivity index (χ4n) is 3.87. The summed E-state index contributed by atoms with van der Waals surface area (Å²) in [5.74, 6) is 0.710. The highest BCUT2D eigenvalue weighted by molar-refractivity contribution is 7.99. The smallest absolute Gasteiger partial charge is 0.255 e. The first-order chi connectivity index (χ1) is 18.4. The second kappa shape index (κ2) is 10.9. The van der Waals surface area contributed by atoms with Crippen LogP contribution in [0.5, 0.6) is 0 Å². The number of nitrogens with zero attached hydrogens (tertiary/aromatic N) is 3. The minimum Gasteiger partial charge on any atom is -0.399 e. The van der Waals surface area contributed by atoms with Crippen LogP contribution in [-0.4, -0.2) is 20.9 Å². The fourth-order valence-corrected chi connectivity index (χ4v) is 4.75. The number of benzene rings is 3. The zero-order valence-corrected chi connectivity index (χ0v) is 22.2. The number of fused-ring (bicyclic) bond motifs is 1. The number of nitrogens with two attached hydrogens (primary N) is 1. The van der Waals surface area contributed by atoms with Gasteiger partial charge >= 0.3 is 0 Å². The van der Waals surface area contributed by atoms with E-state index >= 15 is 0 Å². The van der Waals surface area contributed by atoms with Gasteiger partial charge in [-0.25, -0.2) is 15.0 Å². The first-order valence-corrected chi connectivity index (χ1v) is 13.1. The van der Waals surface area contributed by atoms with Crippen LogP contribution in [0.4, 0.5) is 22.9 Å². The molecule has 0 saturated carbocycles. The number of pyridine rings is 1. The molecule has 8 heteroatoms. The number of amides is 1.